The maximum absolute atomic E-state index is 12.4. The van der Waals surface area contributed by atoms with Crippen LogP contribution in [0.3, 0.4) is 0 Å². The number of benzene rings is 1. The molecule has 0 bridgehead atoms. The lowest BCUT2D eigenvalue weighted by Gasteiger charge is -2.31. The normalized spacial score (nSPS) is 14.1. The van der Waals surface area contributed by atoms with Gasteiger partial charge in [-0.3, -0.25) is 30.6 Å². The second kappa shape index (κ2) is 9.83. The summed E-state index contributed by atoms with van der Waals surface area (Å²) in [5, 5.41) is 11.8. The number of esters is 1. The minimum Gasteiger partial charge on any atom is -0.466 e. The summed E-state index contributed by atoms with van der Waals surface area (Å²) in [5.41, 5.74) is 5.86. The topological polar surface area (TPSA) is 140 Å². The fourth-order valence-electron chi connectivity index (χ4n) is 3.46. The fraction of sp³-hybridized carbons (Fsp3) is 0.400. The number of nitrogens with zero attached hydrogens (tertiary/aromatic N) is 4. The van der Waals surface area contributed by atoms with E-state index in [9.17, 15) is 19.7 Å². The molecule has 2 aromatic rings. The summed E-state index contributed by atoms with van der Waals surface area (Å²) < 4.78 is 5.06. The van der Waals surface area contributed by atoms with Crippen LogP contribution in [0.4, 0.5) is 17.3 Å². The predicted octanol–water partition coefficient (Wildman–Crippen LogP) is 2.23. The zero-order valence-corrected chi connectivity index (χ0v) is 17.3. The third-order valence-corrected chi connectivity index (χ3v) is 5.08. The molecule has 11 heteroatoms. The Labute approximate surface area is 178 Å². The highest BCUT2D eigenvalue weighted by molar-refractivity contribution is 5.96. The Morgan fingerprint density at radius 1 is 1.26 bits per heavy atom. The number of carbonyl (C=O) groups is 2. The molecule has 1 saturated heterocycles. The van der Waals surface area contributed by atoms with Crippen LogP contribution in [0.15, 0.2) is 30.6 Å². The highest BCUT2D eigenvalue weighted by atomic mass is 16.6. The van der Waals surface area contributed by atoms with E-state index in [0.717, 1.165) is 5.56 Å². The van der Waals surface area contributed by atoms with Gasteiger partial charge in [0.05, 0.1) is 17.4 Å². The smallest absolute Gasteiger partial charge is 0.355 e. The number of anilines is 2. The van der Waals surface area contributed by atoms with Crippen LogP contribution in [-0.2, 0) is 9.53 Å². The monoisotopic (exact) mass is 428 g/mol. The molecular formula is C20H24N6O5. The highest BCUT2D eigenvalue weighted by Gasteiger charge is 2.32. The van der Waals surface area contributed by atoms with E-state index in [1.54, 1.807) is 36.9 Å². The Hall–Kier alpha value is -3.76. The highest BCUT2D eigenvalue weighted by Crippen LogP contribution is 2.34. The molecular weight excluding hydrogens is 404 g/mol. The van der Waals surface area contributed by atoms with Crippen LogP contribution in [0.25, 0.3) is 0 Å². The molecule has 2 heterocycles. The molecule has 31 heavy (non-hydrogen) atoms. The molecule has 0 unspecified atom stereocenters. The number of hydrazine groups is 1. The zero-order valence-electron chi connectivity index (χ0n) is 17.3. The molecule has 0 saturated carbocycles. The summed E-state index contributed by atoms with van der Waals surface area (Å²) in [4.78, 5) is 45.3. The van der Waals surface area contributed by atoms with Crippen molar-refractivity contribution in [3.8, 4) is 0 Å². The number of amides is 1. The fourth-order valence-corrected chi connectivity index (χ4v) is 3.46. The average Bonchev–Trinajstić information content (AvgIpc) is 2.77. The van der Waals surface area contributed by atoms with Crippen LogP contribution in [0, 0.1) is 23.0 Å². The number of aromatic nitrogens is 2. The van der Waals surface area contributed by atoms with Crippen molar-refractivity contribution in [2.75, 3.05) is 30.0 Å². The van der Waals surface area contributed by atoms with Gasteiger partial charge in [0.25, 0.3) is 5.91 Å². The molecule has 0 spiro atoms. The van der Waals surface area contributed by atoms with Crippen molar-refractivity contribution in [1.82, 2.24) is 15.4 Å². The molecule has 1 aliphatic rings. The van der Waals surface area contributed by atoms with Gasteiger partial charge in [0, 0.05) is 18.7 Å². The Balaban J connectivity index is 1.74. The van der Waals surface area contributed by atoms with E-state index in [0.29, 0.717) is 38.1 Å². The first-order valence-electron chi connectivity index (χ1n) is 9.95. The molecule has 11 nitrogen and oxygen atoms in total. The lowest BCUT2D eigenvalue weighted by atomic mass is 9.97. The zero-order chi connectivity index (χ0) is 22.4. The summed E-state index contributed by atoms with van der Waals surface area (Å²) in [7, 11) is 0. The molecule has 164 valence electrons. The van der Waals surface area contributed by atoms with E-state index in [4.69, 9.17) is 4.74 Å². The van der Waals surface area contributed by atoms with Crippen LogP contribution in [0.5, 0.6) is 0 Å². The first-order valence-corrected chi connectivity index (χ1v) is 9.95. The molecule has 3 rings (SSSR count). The number of aryl methyl sites for hydroxylation is 1. The first-order chi connectivity index (χ1) is 14.9. The van der Waals surface area contributed by atoms with Crippen molar-refractivity contribution < 1.29 is 19.2 Å². The summed E-state index contributed by atoms with van der Waals surface area (Å²) in [6, 6.07) is 6.99. The Morgan fingerprint density at radius 2 is 1.97 bits per heavy atom. The number of hydrogen-bond acceptors (Lipinski definition) is 9. The Bertz CT molecular complexity index is 974. The third-order valence-electron chi connectivity index (χ3n) is 5.08. The van der Waals surface area contributed by atoms with Crippen molar-refractivity contribution in [2.24, 2.45) is 5.92 Å². The SMILES string of the molecule is CCOC(=O)C1CCN(c2ncnc(NNC(=O)c3ccccc3C)c2[N+](=O)[O-])CC1. The average molecular weight is 428 g/mol. The molecule has 2 N–H and O–H groups in total. The van der Waals surface area contributed by atoms with Gasteiger partial charge < -0.3 is 9.64 Å². The summed E-state index contributed by atoms with van der Waals surface area (Å²) in [6.07, 6.45) is 2.21. The van der Waals surface area contributed by atoms with Gasteiger partial charge in [-0.2, -0.15) is 0 Å². The minimum atomic E-state index is -0.588. The van der Waals surface area contributed by atoms with Gasteiger partial charge in [0.15, 0.2) is 0 Å². The van der Waals surface area contributed by atoms with Crippen LogP contribution in [-0.4, -0.2) is 46.5 Å². The van der Waals surface area contributed by atoms with Crippen molar-refractivity contribution in [3.63, 3.8) is 0 Å². The molecule has 1 aromatic heterocycles. The van der Waals surface area contributed by atoms with Gasteiger partial charge in [-0.05, 0) is 38.3 Å². The van der Waals surface area contributed by atoms with Crippen molar-refractivity contribution >= 4 is 29.2 Å². The van der Waals surface area contributed by atoms with Gasteiger partial charge in [0.1, 0.15) is 6.33 Å². The first kappa shape index (κ1) is 21.9. The summed E-state index contributed by atoms with van der Waals surface area (Å²) in [6.45, 7) is 4.69. The third kappa shape index (κ3) is 5.05. The van der Waals surface area contributed by atoms with Crippen molar-refractivity contribution in [1.29, 1.82) is 0 Å². The van der Waals surface area contributed by atoms with E-state index in [-0.39, 0.29) is 29.2 Å². The van der Waals surface area contributed by atoms with Gasteiger partial charge in [-0.15, -0.1) is 0 Å². The maximum atomic E-state index is 12.4. The molecule has 1 aromatic carbocycles. The molecule has 1 aliphatic heterocycles. The summed E-state index contributed by atoms with van der Waals surface area (Å²) in [5.74, 6) is -0.911. The second-order valence-electron chi connectivity index (χ2n) is 7.06. The molecule has 1 fully saturated rings. The largest absolute Gasteiger partial charge is 0.466 e. The second-order valence-corrected chi connectivity index (χ2v) is 7.06. The van der Waals surface area contributed by atoms with E-state index in [1.807, 2.05) is 6.07 Å². The molecule has 0 aliphatic carbocycles. The summed E-state index contributed by atoms with van der Waals surface area (Å²) >= 11 is 0. The number of nitrogens with one attached hydrogen (secondary N) is 2. The van der Waals surface area contributed by atoms with Crippen molar-refractivity contribution in [3.05, 3.63) is 51.8 Å². The number of carbonyl (C=O) groups excluding carboxylic acids is 2. The molecule has 0 atom stereocenters. The predicted molar refractivity (Wildman–Crippen MR) is 113 cm³/mol. The lowest BCUT2D eigenvalue weighted by molar-refractivity contribution is -0.383. The number of hydrogen-bond donors (Lipinski definition) is 2. The van der Waals surface area contributed by atoms with Gasteiger partial charge in [-0.25, -0.2) is 9.97 Å². The van der Waals surface area contributed by atoms with Gasteiger partial charge in [0.2, 0.25) is 11.6 Å². The minimum absolute atomic E-state index is 0.121. The quantitative estimate of drug-likeness (QED) is 0.386. The number of rotatable bonds is 7. The van der Waals surface area contributed by atoms with E-state index in [1.165, 1.54) is 6.33 Å². The van der Waals surface area contributed by atoms with Crippen LogP contribution in [0.2, 0.25) is 0 Å². The van der Waals surface area contributed by atoms with Gasteiger partial charge >= 0.3 is 11.7 Å². The Morgan fingerprint density at radius 3 is 2.61 bits per heavy atom. The number of ether oxygens (including phenoxy) is 1. The standard InChI is InChI=1S/C20H24N6O5/c1-3-31-20(28)14-8-10-25(11-9-14)18-16(26(29)30)17(21-12-22-18)23-24-19(27)15-7-5-4-6-13(15)2/h4-7,12,14H,3,8-11H2,1-2H3,(H,24,27)(H,21,22,23). The lowest BCUT2D eigenvalue weighted by Crippen LogP contribution is -2.38. The molecule has 0 radical (unpaired) electrons. The van der Waals surface area contributed by atoms with E-state index in [2.05, 4.69) is 20.8 Å². The van der Waals surface area contributed by atoms with Crippen LogP contribution in [0.1, 0.15) is 35.7 Å². The molecule has 1 amide bonds. The van der Waals surface area contributed by atoms with E-state index >= 15 is 0 Å². The number of nitro groups is 1. The van der Waals surface area contributed by atoms with Crippen LogP contribution < -0.4 is 15.8 Å². The van der Waals surface area contributed by atoms with E-state index < -0.39 is 10.8 Å². The maximum Gasteiger partial charge on any atom is 0.355 e. The number of piperidine rings is 1. The van der Waals surface area contributed by atoms with Crippen LogP contribution >= 0.6 is 0 Å². The van der Waals surface area contributed by atoms with Crippen molar-refractivity contribution in [2.45, 2.75) is 26.7 Å². The Kier molecular flexibility index (Phi) is 6.96. The van der Waals surface area contributed by atoms with Gasteiger partial charge in [-0.1, -0.05) is 18.2 Å².